The molecule has 0 radical (unpaired) electrons. The first-order chi connectivity index (χ1) is 2.00. The third kappa shape index (κ3) is 197. The van der Waals surface area contributed by atoms with Crippen LogP contribution in [0.15, 0.2) is 0 Å². The molecule has 0 saturated heterocycles. The molecular weight excluding hydrogens is 179 g/mol. The fraction of sp³-hybridized carbons (Fsp3) is 0. The molecule has 0 bridgehead atoms. The molecule has 4 nitrogen and oxygen atoms in total. The van der Waals surface area contributed by atoms with Crippen molar-refractivity contribution in [3.63, 3.8) is 0 Å². The summed E-state index contributed by atoms with van der Waals surface area (Å²) < 4.78 is 34.1. The normalized spacial score (nSPS) is 8.29. The first-order valence-electron chi connectivity index (χ1n) is 0.667. The van der Waals surface area contributed by atoms with Crippen molar-refractivity contribution in [3.05, 3.63) is 0 Å². The Labute approximate surface area is 62.5 Å². The second-order valence-electron chi connectivity index (χ2n) is 0.408. The largest absolute Gasteiger partial charge is 3.00 e. The fourth-order valence-corrected chi connectivity index (χ4v) is 0. The number of rotatable bonds is 0. The smallest absolute Gasteiger partial charge is 0.759 e. The monoisotopic (exact) mass is 179 g/mol. The van der Waals surface area contributed by atoms with Crippen LogP contribution in [0, 0.1) is 0 Å². The molecule has 0 aromatic rings. The molecule has 0 saturated carbocycles. The SMILES string of the molecule is O=S(=O)([O-])[O-].[Al+3].[Fe+2]. The van der Waals surface area contributed by atoms with Crippen LogP contribution in [-0.2, 0) is 27.5 Å². The molecule has 0 amide bonds. The Kier molecular flexibility index (Phi) is 11.3. The zero-order valence-corrected chi connectivity index (χ0v) is 6.05. The van der Waals surface area contributed by atoms with Crippen molar-refractivity contribution in [1.82, 2.24) is 0 Å². The van der Waals surface area contributed by atoms with Gasteiger partial charge in [-0.3, -0.25) is 8.42 Å². The van der Waals surface area contributed by atoms with Crippen molar-refractivity contribution in [2.75, 3.05) is 0 Å². The van der Waals surface area contributed by atoms with Crippen LogP contribution in [0.2, 0.25) is 0 Å². The van der Waals surface area contributed by atoms with E-state index in [0.717, 1.165) is 0 Å². The van der Waals surface area contributed by atoms with Crippen LogP contribution < -0.4 is 0 Å². The van der Waals surface area contributed by atoms with Gasteiger partial charge in [-0.1, -0.05) is 0 Å². The maximum Gasteiger partial charge on any atom is 3.00 e. The molecule has 0 aliphatic carbocycles. The van der Waals surface area contributed by atoms with Crippen LogP contribution in [0.4, 0.5) is 0 Å². The van der Waals surface area contributed by atoms with Crippen molar-refractivity contribution in [1.29, 1.82) is 0 Å². The molecule has 7 heteroatoms. The van der Waals surface area contributed by atoms with Crippen molar-refractivity contribution in [2.45, 2.75) is 0 Å². The van der Waals surface area contributed by atoms with Crippen molar-refractivity contribution in [2.24, 2.45) is 0 Å². The average Bonchev–Trinajstić information content (AvgIpc) is 0.722. The molecule has 0 atom stereocenters. The Morgan fingerprint density at radius 3 is 1.14 bits per heavy atom. The Hall–Kier alpha value is 0.922. The zero-order chi connectivity index (χ0) is 4.50. The van der Waals surface area contributed by atoms with Crippen LogP contribution in [0.3, 0.4) is 0 Å². The van der Waals surface area contributed by atoms with E-state index in [1.54, 1.807) is 0 Å². The minimum Gasteiger partial charge on any atom is -0.759 e. The Bertz CT molecular complexity index is 94.9. The van der Waals surface area contributed by atoms with Crippen LogP contribution in [-0.4, -0.2) is 34.9 Å². The van der Waals surface area contributed by atoms with Gasteiger partial charge < -0.3 is 9.11 Å². The molecule has 0 fully saturated rings. The van der Waals surface area contributed by atoms with E-state index < -0.39 is 10.4 Å². The third-order valence-electron chi connectivity index (χ3n) is 0. The first kappa shape index (κ1) is 15.7. The van der Waals surface area contributed by atoms with Gasteiger partial charge in [0.1, 0.15) is 0 Å². The van der Waals surface area contributed by atoms with Crippen molar-refractivity contribution < 1.29 is 34.6 Å². The first-order valence-corrected chi connectivity index (χ1v) is 2.00. The Balaban J connectivity index is -0.0000000800. The topological polar surface area (TPSA) is 80.3 Å². The summed E-state index contributed by atoms with van der Waals surface area (Å²) in [7, 11) is -5.17. The summed E-state index contributed by atoms with van der Waals surface area (Å²) in [4.78, 5) is 0. The van der Waals surface area contributed by atoms with Gasteiger partial charge in [0.15, 0.2) is 0 Å². The molecule has 7 heavy (non-hydrogen) atoms. The second kappa shape index (κ2) is 5.07. The maximum absolute atomic E-state index is 8.52. The summed E-state index contributed by atoms with van der Waals surface area (Å²) in [6, 6.07) is 0. The van der Waals surface area contributed by atoms with Crippen LogP contribution in [0.1, 0.15) is 0 Å². The molecule has 0 aromatic heterocycles. The fourth-order valence-electron chi connectivity index (χ4n) is 0. The van der Waals surface area contributed by atoms with E-state index in [-0.39, 0.29) is 34.4 Å². The quantitative estimate of drug-likeness (QED) is 0.251. The minimum atomic E-state index is -5.17. The summed E-state index contributed by atoms with van der Waals surface area (Å²) in [5.74, 6) is 0. The summed E-state index contributed by atoms with van der Waals surface area (Å²) in [6.07, 6.45) is 0. The van der Waals surface area contributed by atoms with Crippen molar-refractivity contribution >= 4 is 27.8 Å². The molecule has 0 N–H and O–H groups in total. The predicted molar refractivity (Wildman–Crippen MR) is 16.2 cm³/mol. The average molecular weight is 179 g/mol. The number of hydrogen-bond donors (Lipinski definition) is 0. The maximum atomic E-state index is 8.52. The Morgan fingerprint density at radius 1 is 1.14 bits per heavy atom. The van der Waals surface area contributed by atoms with Gasteiger partial charge >= 0.3 is 34.4 Å². The molecule has 38 valence electrons. The molecule has 0 heterocycles. The van der Waals surface area contributed by atoms with Gasteiger partial charge in [0, 0.05) is 10.4 Å². The van der Waals surface area contributed by atoms with Gasteiger partial charge in [0.2, 0.25) is 0 Å². The molecule has 0 unspecified atom stereocenters. The van der Waals surface area contributed by atoms with Gasteiger partial charge in [-0.2, -0.15) is 0 Å². The van der Waals surface area contributed by atoms with Crippen molar-refractivity contribution in [3.8, 4) is 0 Å². The third-order valence-corrected chi connectivity index (χ3v) is 0. The van der Waals surface area contributed by atoms with E-state index in [1.165, 1.54) is 0 Å². The van der Waals surface area contributed by atoms with E-state index in [2.05, 4.69) is 0 Å². The van der Waals surface area contributed by atoms with Gasteiger partial charge in [0.05, 0.1) is 0 Å². The molecule has 0 rings (SSSR count). The standard InChI is InChI=1S/Al.Fe.H2O4S/c;;1-5(2,3)4/h;;(H2,1,2,3,4)/q+3;+2;/p-2. The van der Waals surface area contributed by atoms with Gasteiger partial charge in [-0.05, 0) is 0 Å². The predicted octanol–water partition coefficient (Wildman–Crippen LogP) is -1.72. The summed E-state index contributed by atoms with van der Waals surface area (Å²) in [5, 5.41) is 0. The molecular formula is AlFeO4S+3. The molecule has 0 spiro atoms. The Morgan fingerprint density at radius 2 is 1.14 bits per heavy atom. The number of hydrogen-bond acceptors (Lipinski definition) is 4. The van der Waals surface area contributed by atoms with Gasteiger partial charge in [-0.25, -0.2) is 0 Å². The summed E-state index contributed by atoms with van der Waals surface area (Å²) >= 11 is 0. The molecule has 0 aromatic carbocycles. The van der Waals surface area contributed by atoms with E-state index in [1.807, 2.05) is 0 Å². The van der Waals surface area contributed by atoms with Gasteiger partial charge in [0.25, 0.3) is 0 Å². The van der Waals surface area contributed by atoms with E-state index in [0.29, 0.717) is 0 Å². The zero-order valence-electron chi connectivity index (χ0n) is 2.97. The van der Waals surface area contributed by atoms with E-state index in [9.17, 15) is 0 Å². The molecule has 0 aliphatic heterocycles. The van der Waals surface area contributed by atoms with Crippen LogP contribution >= 0.6 is 0 Å². The van der Waals surface area contributed by atoms with E-state index >= 15 is 0 Å². The van der Waals surface area contributed by atoms with Crippen LogP contribution in [0.5, 0.6) is 0 Å². The molecule has 0 aliphatic rings. The second-order valence-corrected chi connectivity index (χ2v) is 1.22. The summed E-state index contributed by atoms with van der Waals surface area (Å²) in [6.45, 7) is 0. The van der Waals surface area contributed by atoms with Crippen LogP contribution in [0.25, 0.3) is 0 Å². The minimum absolute atomic E-state index is 0. The summed E-state index contributed by atoms with van der Waals surface area (Å²) in [5.41, 5.74) is 0. The van der Waals surface area contributed by atoms with Gasteiger partial charge in [-0.15, -0.1) is 0 Å². The van der Waals surface area contributed by atoms with E-state index in [4.69, 9.17) is 17.5 Å².